The Hall–Kier alpha value is -4.43. The number of amides is 5. The average molecular weight is 1050 g/mol. The van der Waals surface area contributed by atoms with Crippen LogP contribution >= 0.6 is 33.2 Å². The Morgan fingerprint density at radius 1 is 1.09 bits per heavy atom. The highest BCUT2D eigenvalue weighted by Gasteiger charge is 2.64. The number of carbonyl (C=O) groups excluding carboxylic acids is 7. The minimum Gasteiger partial charge on any atom is -0.495 e. The zero-order valence-corrected chi connectivity index (χ0v) is 42.8. The Labute approximate surface area is 413 Å². The monoisotopic (exact) mass is 1050 g/mol. The van der Waals surface area contributed by atoms with Gasteiger partial charge in [0.05, 0.1) is 25.3 Å². The van der Waals surface area contributed by atoms with Gasteiger partial charge in [-0.15, -0.1) is 5.06 Å². The minimum atomic E-state index is -5.01. The van der Waals surface area contributed by atoms with Crippen LogP contribution in [-0.4, -0.2) is 156 Å². The van der Waals surface area contributed by atoms with E-state index in [4.69, 9.17) is 40.1 Å². The standard InChI is InChI=1S/C44H59ClN4O17S3/c1-23-11-10-12-32(62-9)44(57)22-30(63-42(56)46-44)25(3)39-43(5,65-39)33(21-37(53)48(7)28-19-27(17-23)20-29(61-8)38(28)45)64-40(54)26(4)47(6)34(50)15-16-67-68-24(2)18-31(69(58,59)60)41(55)66-49-35(51)13-14-36(49)52/h10-12,19-20,24-26,30-33,39,57H,13-18,21-22H2,1-9H3,(H,46,56)(H,58,59,60)/b12-10+,23-11+/t24?,25-,26+,30+,31?,32-,33+,39+,43+,44+/m1/s1. The molecular formula is C44H59ClN4O17S3. The molecule has 4 heterocycles. The van der Waals surface area contributed by atoms with E-state index in [9.17, 15) is 51.6 Å². The number of allylic oxidation sites excluding steroid dienone is 3. The number of hydrogen-bond acceptors (Lipinski definition) is 18. The number of methoxy groups -OCH3 is 2. The van der Waals surface area contributed by atoms with E-state index in [1.807, 2.05) is 13.0 Å². The van der Waals surface area contributed by atoms with E-state index in [1.54, 1.807) is 45.1 Å². The van der Waals surface area contributed by atoms with E-state index < -0.39 is 123 Å². The number of aliphatic hydroxyl groups is 1. The van der Waals surface area contributed by atoms with Crippen molar-refractivity contribution in [2.24, 2.45) is 5.92 Å². The SMILES string of the molecule is COc1cc2cc(c1Cl)N(C)C(=O)C[C@H](OC(=O)[C@H](C)N(C)C(=O)CCSSC(C)CC(C(=O)ON1C(=O)CCC1=O)S(=O)(=O)O)[C@]1(C)O[C@H]1[C@H](C)[C@@H]1C[C@@](O)(NC(=O)O1)[C@H](OC)/C=C/C=C(\C)C2. The summed E-state index contributed by atoms with van der Waals surface area (Å²) in [5.41, 5.74) is -1.30. The highest BCUT2D eigenvalue weighted by molar-refractivity contribution is 8.76. The van der Waals surface area contributed by atoms with E-state index >= 15 is 0 Å². The summed E-state index contributed by atoms with van der Waals surface area (Å²) in [5.74, 6) is -5.16. The van der Waals surface area contributed by atoms with Crippen LogP contribution in [0.5, 0.6) is 5.75 Å². The third kappa shape index (κ3) is 13.3. The van der Waals surface area contributed by atoms with Crippen molar-refractivity contribution >= 4 is 90.7 Å². The lowest BCUT2D eigenvalue weighted by atomic mass is 9.83. The number of imide groups is 1. The lowest BCUT2D eigenvalue weighted by molar-refractivity contribution is -0.197. The molecule has 3 saturated heterocycles. The van der Waals surface area contributed by atoms with Gasteiger partial charge in [-0.3, -0.25) is 29.0 Å². The summed E-state index contributed by atoms with van der Waals surface area (Å²) in [4.78, 5) is 98.3. The normalized spacial score (nSPS) is 29.0. The molecule has 382 valence electrons. The molecule has 0 saturated carbocycles. The summed E-state index contributed by atoms with van der Waals surface area (Å²) in [6, 6.07) is 2.31. The van der Waals surface area contributed by atoms with Crippen LogP contribution in [0.1, 0.15) is 78.7 Å². The van der Waals surface area contributed by atoms with Crippen LogP contribution in [0, 0.1) is 5.92 Å². The number of hydrogen-bond donors (Lipinski definition) is 3. The molecule has 25 heteroatoms. The fraction of sp³-hybridized carbons (Fsp3) is 0.614. The van der Waals surface area contributed by atoms with Crippen LogP contribution in [-0.2, 0) is 69.1 Å². The van der Waals surface area contributed by atoms with Crippen molar-refractivity contribution in [1.82, 2.24) is 15.3 Å². The molecule has 0 radical (unpaired) electrons. The molecule has 4 bridgehead atoms. The fourth-order valence-corrected chi connectivity index (χ4v) is 11.8. The molecule has 0 spiro atoms. The Morgan fingerprint density at radius 2 is 1.75 bits per heavy atom. The first-order valence-electron chi connectivity index (χ1n) is 21.9. The summed E-state index contributed by atoms with van der Waals surface area (Å²) in [6.07, 6.45) is -0.852. The molecule has 0 aromatic heterocycles. The van der Waals surface area contributed by atoms with Crippen molar-refractivity contribution < 1.29 is 80.2 Å². The number of ether oxygens (including phenoxy) is 5. The molecule has 4 aliphatic heterocycles. The smallest absolute Gasteiger partial charge is 0.409 e. The second kappa shape index (κ2) is 22.8. The van der Waals surface area contributed by atoms with Crippen molar-refractivity contribution in [2.45, 2.75) is 132 Å². The maximum absolute atomic E-state index is 14.3. The van der Waals surface area contributed by atoms with E-state index in [-0.39, 0.29) is 41.5 Å². The molecule has 5 rings (SSSR count). The van der Waals surface area contributed by atoms with Gasteiger partial charge < -0.3 is 43.4 Å². The molecule has 1 aromatic carbocycles. The Kier molecular flexibility index (Phi) is 18.3. The number of nitrogens with one attached hydrogen (secondary N) is 1. The number of fused-ring (bicyclic) bond motifs is 5. The summed E-state index contributed by atoms with van der Waals surface area (Å²) in [6.45, 7) is 8.28. The summed E-state index contributed by atoms with van der Waals surface area (Å²) in [5, 5.41) is 11.9. The predicted molar refractivity (Wildman–Crippen MR) is 252 cm³/mol. The number of hydroxylamine groups is 2. The molecule has 0 aliphatic carbocycles. The van der Waals surface area contributed by atoms with Crippen LogP contribution in [0.2, 0.25) is 5.02 Å². The van der Waals surface area contributed by atoms with Gasteiger partial charge in [0.15, 0.2) is 11.0 Å². The average Bonchev–Trinajstić information content (AvgIpc) is 3.89. The van der Waals surface area contributed by atoms with Gasteiger partial charge in [-0.1, -0.05) is 70.8 Å². The quantitative estimate of drug-likeness (QED) is 0.0561. The van der Waals surface area contributed by atoms with Crippen molar-refractivity contribution in [3.05, 3.63) is 46.5 Å². The Bertz CT molecular complexity index is 2340. The number of nitrogens with zero attached hydrogens (tertiary/aromatic N) is 3. The predicted octanol–water partition coefficient (Wildman–Crippen LogP) is 3.93. The number of epoxide rings is 1. The molecule has 21 nitrogen and oxygen atoms in total. The van der Waals surface area contributed by atoms with Gasteiger partial charge in [0.1, 0.15) is 40.7 Å². The topological polar surface area (TPSA) is 275 Å². The molecule has 5 amide bonds. The van der Waals surface area contributed by atoms with Gasteiger partial charge in [0.25, 0.3) is 21.9 Å². The Balaban J connectivity index is 1.30. The molecule has 10 atom stereocenters. The van der Waals surface area contributed by atoms with Gasteiger partial charge in [-0.05, 0) is 51.3 Å². The number of alkyl carbamates (subject to hydrolysis) is 1. The molecule has 69 heavy (non-hydrogen) atoms. The van der Waals surface area contributed by atoms with Crippen molar-refractivity contribution in [2.75, 3.05) is 39.0 Å². The number of anilines is 1. The summed E-state index contributed by atoms with van der Waals surface area (Å²) in [7, 11) is 3.00. The van der Waals surface area contributed by atoms with Crippen LogP contribution < -0.4 is 15.0 Å². The zero-order chi connectivity index (χ0) is 51.3. The van der Waals surface area contributed by atoms with Gasteiger partial charge in [-0.25, -0.2) is 14.4 Å². The number of esters is 1. The van der Waals surface area contributed by atoms with Gasteiger partial charge >= 0.3 is 18.0 Å². The third-order valence-corrected chi connectivity index (χ3v) is 16.9. The van der Waals surface area contributed by atoms with Crippen LogP contribution in [0.25, 0.3) is 0 Å². The number of likely N-dealkylation sites (N-methyl/N-ethyl adjacent to an activating group) is 1. The van der Waals surface area contributed by atoms with Crippen LogP contribution in [0.3, 0.4) is 0 Å². The second-order valence-corrected chi connectivity index (χ2v) is 22.5. The maximum Gasteiger partial charge on any atom is 0.409 e. The molecule has 2 unspecified atom stereocenters. The second-order valence-electron chi connectivity index (χ2n) is 17.6. The molecule has 3 N–H and O–H groups in total. The molecular weight excluding hydrogens is 988 g/mol. The highest BCUT2D eigenvalue weighted by Crippen LogP contribution is 2.49. The number of halogens is 1. The molecule has 3 fully saturated rings. The van der Waals surface area contributed by atoms with Gasteiger partial charge in [0, 0.05) is 63.8 Å². The van der Waals surface area contributed by atoms with Gasteiger partial charge in [0.2, 0.25) is 11.8 Å². The summed E-state index contributed by atoms with van der Waals surface area (Å²) >= 11 is 6.78. The highest BCUT2D eigenvalue weighted by atomic mass is 35.5. The lowest BCUT2D eigenvalue weighted by Crippen LogP contribution is -2.63. The lowest BCUT2D eigenvalue weighted by Gasteiger charge is -2.42. The van der Waals surface area contributed by atoms with Crippen molar-refractivity contribution in [3.63, 3.8) is 0 Å². The first kappa shape index (κ1) is 55.5. The van der Waals surface area contributed by atoms with E-state index in [0.717, 1.165) is 32.7 Å². The molecule has 1 aromatic rings. The fourth-order valence-electron chi connectivity index (χ4n) is 8.17. The van der Waals surface area contributed by atoms with Crippen LogP contribution in [0.4, 0.5) is 10.5 Å². The number of rotatable bonds is 15. The third-order valence-electron chi connectivity index (χ3n) is 12.5. The zero-order valence-electron chi connectivity index (χ0n) is 39.6. The van der Waals surface area contributed by atoms with E-state index in [1.165, 1.54) is 45.0 Å². The first-order chi connectivity index (χ1) is 32.2. The Morgan fingerprint density at radius 3 is 2.38 bits per heavy atom. The van der Waals surface area contributed by atoms with Crippen molar-refractivity contribution in [3.8, 4) is 5.75 Å². The number of benzene rings is 1. The first-order valence-corrected chi connectivity index (χ1v) is 26.2. The maximum atomic E-state index is 14.3. The van der Waals surface area contributed by atoms with E-state index in [2.05, 4.69) is 5.32 Å². The summed E-state index contributed by atoms with van der Waals surface area (Å²) < 4.78 is 63.1. The van der Waals surface area contributed by atoms with Gasteiger partial charge in [-0.2, -0.15) is 8.42 Å². The van der Waals surface area contributed by atoms with Crippen molar-refractivity contribution in [1.29, 1.82) is 0 Å². The molecule has 4 aliphatic rings. The largest absolute Gasteiger partial charge is 0.495 e. The number of carbonyl (C=O) groups is 7. The van der Waals surface area contributed by atoms with E-state index in [0.29, 0.717) is 17.9 Å². The van der Waals surface area contributed by atoms with Crippen LogP contribution in [0.15, 0.2) is 35.9 Å². The minimum absolute atomic E-state index is 0.103.